The predicted molar refractivity (Wildman–Crippen MR) is 104 cm³/mol. The molecule has 1 N–H and O–H groups in total. The molecule has 4 heteroatoms. The van der Waals surface area contributed by atoms with E-state index < -0.39 is 0 Å². The van der Waals surface area contributed by atoms with Crippen molar-refractivity contribution in [3.63, 3.8) is 0 Å². The number of hydrazone groups is 1. The SMILES string of the molecule is Oc1ccc2oc3c(c2c1/C=N/N1CCCc2ccccc21)CCCC3. The molecule has 0 saturated carbocycles. The number of para-hydroxylation sites is 1. The van der Waals surface area contributed by atoms with Gasteiger partial charge in [0.2, 0.25) is 0 Å². The second kappa shape index (κ2) is 6.20. The molecule has 2 aromatic carbocycles. The van der Waals surface area contributed by atoms with Crippen LogP contribution >= 0.6 is 0 Å². The van der Waals surface area contributed by atoms with Gasteiger partial charge in [-0.1, -0.05) is 18.2 Å². The summed E-state index contributed by atoms with van der Waals surface area (Å²) in [5.74, 6) is 1.34. The van der Waals surface area contributed by atoms with E-state index in [2.05, 4.69) is 24.3 Å². The van der Waals surface area contributed by atoms with Gasteiger partial charge in [-0.3, -0.25) is 5.01 Å². The molecule has 132 valence electrons. The highest BCUT2D eigenvalue weighted by molar-refractivity contribution is 6.03. The maximum atomic E-state index is 10.5. The highest BCUT2D eigenvalue weighted by atomic mass is 16.3. The molecule has 3 aromatic rings. The zero-order valence-corrected chi connectivity index (χ0v) is 14.7. The van der Waals surface area contributed by atoms with Crippen molar-refractivity contribution in [1.82, 2.24) is 0 Å². The molecule has 0 bridgehead atoms. The number of nitrogens with zero attached hydrogens (tertiary/aromatic N) is 2. The third-order valence-electron chi connectivity index (χ3n) is 5.55. The minimum absolute atomic E-state index is 0.265. The van der Waals surface area contributed by atoms with E-state index >= 15 is 0 Å². The maximum Gasteiger partial charge on any atom is 0.135 e. The third-order valence-corrected chi connectivity index (χ3v) is 5.55. The second-order valence-corrected chi connectivity index (χ2v) is 7.18. The van der Waals surface area contributed by atoms with Crippen LogP contribution in [-0.2, 0) is 19.3 Å². The Morgan fingerprint density at radius 2 is 1.88 bits per heavy atom. The number of hydrogen-bond donors (Lipinski definition) is 1. The number of phenolic OH excluding ortho intramolecular Hbond substituents is 1. The lowest BCUT2D eigenvalue weighted by molar-refractivity contribution is 0.474. The number of anilines is 1. The van der Waals surface area contributed by atoms with E-state index in [0.717, 1.165) is 60.2 Å². The maximum absolute atomic E-state index is 10.5. The van der Waals surface area contributed by atoms with Gasteiger partial charge >= 0.3 is 0 Å². The number of furan rings is 1. The molecule has 2 aliphatic rings. The number of rotatable bonds is 2. The Labute approximate surface area is 152 Å². The first-order valence-corrected chi connectivity index (χ1v) is 9.47. The average molecular weight is 346 g/mol. The second-order valence-electron chi connectivity index (χ2n) is 7.18. The molecule has 0 spiro atoms. The van der Waals surface area contributed by atoms with Crippen LogP contribution < -0.4 is 5.01 Å². The highest BCUT2D eigenvalue weighted by Crippen LogP contribution is 2.37. The van der Waals surface area contributed by atoms with Gasteiger partial charge < -0.3 is 9.52 Å². The lowest BCUT2D eigenvalue weighted by Crippen LogP contribution is -2.24. The molecular formula is C22H22N2O2. The van der Waals surface area contributed by atoms with Gasteiger partial charge in [0.25, 0.3) is 0 Å². The van der Waals surface area contributed by atoms with Crippen LogP contribution in [0.5, 0.6) is 5.75 Å². The highest BCUT2D eigenvalue weighted by Gasteiger charge is 2.22. The third kappa shape index (κ3) is 2.48. The molecule has 0 unspecified atom stereocenters. The van der Waals surface area contributed by atoms with Crippen molar-refractivity contribution in [3.8, 4) is 5.75 Å². The van der Waals surface area contributed by atoms with Gasteiger partial charge in [-0.2, -0.15) is 5.10 Å². The fourth-order valence-corrected chi connectivity index (χ4v) is 4.26. The van der Waals surface area contributed by atoms with E-state index in [0.29, 0.717) is 0 Å². The fourth-order valence-electron chi connectivity index (χ4n) is 4.26. The molecule has 0 amide bonds. The smallest absolute Gasteiger partial charge is 0.135 e. The number of hydrogen-bond acceptors (Lipinski definition) is 4. The fraction of sp³-hybridized carbons (Fsp3) is 0.318. The van der Waals surface area contributed by atoms with Gasteiger partial charge in [0.1, 0.15) is 17.1 Å². The normalized spacial score (nSPS) is 16.8. The van der Waals surface area contributed by atoms with Crippen LogP contribution in [0.25, 0.3) is 11.0 Å². The van der Waals surface area contributed by atoms with E-state index in [1.165, 1.54) is 24.0 Å². The predicted octanol–water partition coefficient (Wildman–Crippen LogP) is 4.80. The standard InChI is InChI=1S/C22H22N2O2/c25-19-11-12-21-22(16-8-2-4-10-20(16)26-21)17(19)14-23-24-13-5-7-15-6-1-3-9-18(15)24/h1,3,6,9,11-12,14,25H,2,4-5,7-8,10,13H2/b23-14+. The number of aryl methyl sites for hydroxylation is 3. The van der Waals surface area contributed by atoms with Crippen LogP contribution in [-0.4, -0.2) is 17.9 Å². The summed E-state index contributed by atoms with van der Waals surface area (Å²) >= 11 is 0. The van der Waals surface area contributed by atoms with Crippen molar-refractivity contribution < 1.29 is 9.52 Å². The van der Waals surface area contributed by atoms with E-state index in [1.54, 1.807) is 6.07 Å². The Balaban J connectivity index is 1.59. The average Bonchev–Trinajstić information content (AvgIpc) is 3.06. The Hall–Kier alpha value is -2.75. The summed E-state index contributed by atoms with van der Waals surface area (Å²) in [6.45, 7) is 0.897. The van der Waals surface area contributed by atoms with E-state index in [-0.39, 0.29) is 5.75 Å². The molecule has 2 heterocycles. The lowest BCUT2D eigenvalue weighted by Gasteiger charge is -2.26. The Morgan fingerprint density at radius 3 is 2.85 bits per heavy atom. The molecule has 0 radical (unpaired) electrons. The van der Waals surface area contributed by atoms with Crippen molar-refractivity contribution in [1.29, 1.82) is 0 Å². The first-order valence-electron chi connectivity index (χ1n) is 9.47. The lowest BCUT2D eigenvalue weighted by atomic mass is 9.94. The molecular weight excluding hydrogens is 324 g/mol. The molecule has 1 aromatic heterocycles. The van der Waals surface area contributed by atoms with Crippen molar-refractivity contribution in [3.05, 3.63) is 58.8 Å². The van der Waals surface area contributed by atoms with Crippen LogP contribution in [0.1, 0.15) is 41.7 Å². The summed E-state index contributed by atoms with van der Waals surface area (Å²) in [5, 5.41) is 18.3. The van der Waals surface area contributed by atoms with Gasteiger partial charge in [0.15, 0.2) is 0 Å². The number of fused-ring (bicyclic) bond motifs is 4. The molecule has 4 nitrogen and oxygen atoms in total. The van der Waals surface area contributed by atoms with Crippen molar-refractivity contribution >= 4 is 22.9 Å². The first-order chi connectivity index (χ1) is 12.8. The summed E-state index contributed by atoms with van der Waals surface area (Å²) < 4.78 is 6.05. The van der Waals surface area contributed by atoms with Crippen LogP contribution in [0.3, 0.4) is 0 Å². The molecule has 0 saturated heterocycles. The van der Waals surface area contributed by atoms with Crippen LogP contribution in [0.4, 0.5) is 5.69 Å². The van der Waals surface area contributed by atoms with E-state index in [1.807, 2.05) is 17.3 Å². The summed E-state index contributed by atoms with van der Waals surface area (Å²) in [5.41, 5.74) is 5.38. The van der Waals surface area contributed by atoms with Crippen LogP contribution in [0.15, 0.2) is 45.9 Å². The molecule has 1 aliphatic carbocycles. The number of benzene rings is 2. The topological polar surface area (TPSA) is 49.0 Å². The zero-order valence-electron chi connectivity index (χ0n) is 14.7. The van der Waals surface area contributed by atoms with Crippen LogP contribution in [0, 0.1) is 0 Å². The van der Waals surface area contributed by atoms with E-state index in [4.69, 9.17) is 9.52 Å². The van der Waals surface area contributed by atoms with Gasteiger partial charge in [0, 0.05) is 29.5 Å². The molecule has 5 rings (SSSR count). The van der Waals surface area contributed by atoms with Crippen molar-refractivity contribution in [2.45, 2.75) is 38.5 Å². The summed E-state index contributed by atoms with van der Waals surface area (Å²) in [6, 6.07) is 12.0. The van der Waals surface area contributed by atoms with Gasteiger partial charge in [0.05, 0.1) is 11.9 Å². The molecule has 0 atom stereocenters. The minimum atomic E-state index is 0.265. The zero-order chi connectivity index (χ0) is 17.5. The van der Waals surface area contributed by atoms with Crippen molar-refractivity contribution in [2.75, 3.05) is 11.6 Å². The van der Waals surface area contributed by atoms with Gasteiger partial charge in [-0.05, 0) is 55.9 Å². The van der Waals surface area contributed by atoms with E-state index in [9.17, 15) is 5.11 Å². The summed E-state index contributed by atoms with van der Waals surface area (Å²) in [7, 11) is 0. The Kier molecular flexibility index (Phi) is 3.70. The van der Waals surface area contributed by atoms with Gasteiger partial charge in [-0.15, -0.1) is 0 Å². The minimum Gasteiger partial charge on any atom is -0.507 e. The molecule has 0 fully saturated rings. The number of aromatic hydroxyl groups is 1. The summed E-state index contributed by atoms with van der Waals surface area (Å²) in [6.07, 6.45) is 8.34. The molecule has 1 aliphatic heterocycles. The summed E-state index contributed by atoms with van der Waals surface area (Å²) in [4.78, 5) is 0. The Bertz CT molecular complexity index is 1000. The largest absolute Gasteiger partial charge is 0.507 e. The monoisotopic (exact) mass is 346 g/mol. The first kappa shape index (κ1) is 15.5. The molecule has 26 heavy (non-hydrogen) atoms. The Morgan fingerprint density at radius 1 is 1.00 bits per heavy atom. The quantitative estimate of drug-likeness (QED) is 0.678. The van der Waals surface area contributed by atoms with Gasteiger partial charge in [-0.25, -0.2) is 0 Å². The van der Waals surface area contributed by atoms with Crippen LogP contribution in [0.2, 0.25) is 0 Å². The number of phenols is 1. The van der Waals surface area contributed by atoms with Crippen molar-refractivity contribution in [2.24, 2.45) is 5.10 Å².